The molecule has 1 heterocycles. The normalized spacial score (nSPS) is 11.0. The third-order valence-electron chi connectivity index (χ3n) is 4.99. The van der Waals surface area contributed by atoms with Crippen LogP contribution in [0.1, 0.15) is 22.3 Å². The number of phenolic OH excluding ortho intramolecular Hbond substituents is 2. The Labute approximate surface area is 180 Å². The second-order valence-electron chi connectivity index (χ2n) is 7.34. The fourth-order valence-corrected chi connectivity index (χ4v) is 3.27. The van der Waals surface area contributed by atoms with Crippen molar-refractivity contribution in [2.45, 2.75) is 13.8 Å². The number of aryl methyl sites for hydroxylation is 2. The maximum atomic E-state index is 9.94. The Hall–Kier alpha value is -4.30. The van der Waals surface area contributed by atoms with Gasteiger partial charge in [-0.1, -0.05) is 59.7 Å². The zero-order valence-electron chi connectivity index (χ0n) is 17.1. The van der Waals surface area contributed by atoms with Gasteiger partial charge in [0.15, 0.2) is 11.5 Å². The first-order chi connectivity index (χ1) is 15.0. The summed E-state index contributed by atoms with van der Waals surface area (Å²) in [4.78, 5) is 4.38. The van der Waals surface area contributed by atoms with E-state index in [9.17, 15) is 15.5 Å². The number of aliphatic imine (C=N–C) groups is 1. The van der Waals surface area contributed by atoms with Gasteiger partial charge in [0.2, 0.25) is 5.88 Å². The zero-order valence-corrected chi connectivity index (χ0v) is 17.1. The molecule has 1 aromatic heterocycles. The Bertz CT molecular complexity index is 1310. The predicted octanol–water partition coefficient (Wildman–Crippen LogP) is 6.26. The Morgan fingerprint density at radius 3 is 2.03 bits per heavy atom. The van der Waals surface area contributed by atoms with Crippen LogP contribution >= 0.6 is 0 Å². The van der Waals surface area contributed by atoms with E-state index in [0.29, 0.717) is 22.5 Å². The first-order valence-corrected chi connectivity index (χ1v) is 9.73. The molecule has 0 unspecified atom stereocenters. The quantitative estimate of drug-likeness (QED) is 0.308. The standard InChI is InChI=1S/C26H20N2O3/c1-16-3-8-19(9-4-16)24-21(14-27)26(28-15-18-7-12-22(29)23(30)13-18)31-25(24)20-10-5-17(2)6-11-20/h3-13,15,29-30H,1-2H3. The number of hydrogen-bond acceptors (Lipinski definition) is 5. The summed E-state index contributed by atoms with van der Waals surface area (Å²) >= 11 is 0. The molecule has 0 aliphatic carbocycles. The number of nitriles is 1. The molecule has 31 heavy (non-hydrogen) atoms. The van der Waals surface area contributed by atoms with E-state index in [1.807, 2.05) is 62.4 Å². The summed E-state index contributed by atoms with van der Waals surface area (Å²) in [6.45, 7) is 4.02. The smallest absolute Gasteiger partial charge is 0.238 e. The number of furan rings is 1. The van der Waals surface area contributed by atoms with Crippen molar-refractivity contribution in [1.82, 2.24) is 0 Å². The van der Waals surface area contributed by atoms with Crippen LogP contribution in [0.15, 0.2) is 76.1 Å². The molecule has 0 saturated heterocycles. The summed E-state index contributed by atoms with van der Waals surface area (Å²) in [5.41, 5.74) is 5.54. The van der Waals surface area contributed by atoms with E-state index in [2.05, 4.69) is 11.1 Å². The van der Waals surface area contributed by atoms with Gasteiger partial charge in [-0.15, -0.1) is 0 Å². The molecule has 0 spiro atoms. The minimum absolute atomic E-state index is 0.182. The SMILES string of the molecule is Cc1ccc(-c2oc(N=Cc3ccc(O)c(O)c3)c(C#N)c2-c2ccc(C)cc2)cc1. The summed E-state index contributed by atoms with van der Waals surface area (Å²) in [6.07, 6.45) is 1.48. The summed E-state index contributed by atoms with van der Waals surface area (Å²) < 4.78 is 6.09. The van der Waals surface area contributed by atoms with Gasteiger partial charge in [-0.25, -0.2) is 4.99 Å². The molecule has 0 radical (unpaired) electrons. The molecule has 0 aliphatic rings. The average Bonchev–Trinajstić information content (AvgIpc) is 3.14. The van der Waals surface area contributed by atoms with E-state index in [4.69, 9.17) is 4.42 Å². The fraction of sp³-hybridized carbons (Fsp3) is 0.0769. The summed E-state index contributed by atoms with van der Waals surface area (Å²) in [6, 6.07) is 22.4. The summed E-state index contributed by atoms with van der Waals surface area (Å²) in [7, 11) is 0. The molecule has 4 rings (SSSR count). The van der Waals surface area contributed by atoms with Crippen LogP contribution in [0.25, 0.3) is 22.5 Å². The molecule has 0 bridgehead atoms. The van der Waals surface area contributed by atoms with Crippen molar-refractivity contribution >= 4 is 12.1 Å². The molecule has 0 fully saturated rings. The Kier molecular flexibility index (Phi) is 5.30. The summed E-state index contributed by atoms with van der Waals surface area (Å²) in [5, 5.41) is 29.1. The lowest BCUT2D eigenvalue weighted by Crippen LogP contribution is -1.85. The first-order valence-electron chi connectivity index (χ1n) is 9.73. The zero-order chi connectivity index (χ0) is 22.0. The lowest BCUT2D eigenvalue weighted by molar-refractivity contribution is 0.403. The lowest BCUT2D eigenvalue weighted by Gasteiger charge is -2.05. The third-order valence-corrected chi connectivity index (χ3v) is 4.99. The highest BCUT2D eigenvalue weighted by Crippen LogP contribution is 2.42. The van der Waals surface area contributed by atoms with Crippen LogP contribution in [-0.2, 0) is 0 Å². The molecule has 2 N–H and O–H groups in total. The highest BCUT2D eigenvalue weighted by Gasteiger charge is 2.22. The number of hydrogen-bond donors (Lipinski definition) is 2. The Morgan fingerprint density at radius 1 is 0.839 bits per heavy atom. The molecule has 0 saturated carbocycles. The van der Waals surface area contributed by atoms with E-state index in [1.54, 1.807) is 6.07 Å². The van der Waals surface area contributed by atoms with Crippen LogP contribution in [0, 0.1) is 25.2 Å². The van der Waals surface area contributed by atoms with Crippen LogP contribution in [-0.4, -0.2) is 16.4 Å². The van der Waals surface area contributed by atoms with Crippen molar-refractivity contribution < 1.29 is 14.6 Å². The fourth-order valence-electron chi connectivity index (χ4n) is 3.27. The van der Waals surface area contributed by atoms with Crippen molar-refractivity contribution in [1.29, 1.82) is 5.26 Å². The van der Waals surface area contributed by atoms with Crippen LogP contribution < -0.4 is 0 Å². The van der Waals surface area contributed by atoms with Gasteiger partial charge in [-0.2, -0.15) is 5.26 Å². The van der Waals surface area contributed by atoms with Crippen LogP contribution in [0.4, 0.5) is 5.88 Å². The van der Waals surface area contributed by atoms with E-state index in [1.165, 1.54) is 18.3 Å². The molecular formula is C26H20N2O3. The van der Waals surface area contributed by atoms with Crippen LogP contribution in [0.3, 0.4) is 0 Å². The third kappa shape index (κ3) is 4.05. The van der Waals surface area contributed by atoms with Gasteiger partial charge in [-0.3, -0.25) is 0 Å². The number of rotatable bonds is 4. The maximum Gasteiger partial charge on any atom is 0.238 e. The van der Waals surface area contributed by atoms with E-state index in [-0.39, 0.29) is 17.4 Å². The molecule has 152 valence electrons. The van der Waals surface area contributed by atoms with Crippen molar-refractivity contribution in [2.24, 2.45) is 4.99 Å². The topological polar surface area (TPSA) is 89.8 Å². The van der Waals surface area contributed by atoms with Gasteiger partial charge in [-0.05, 0) is 43.2 Å². The lowest BCUT2D eigenvalue weighted by atomic mass is 9.97. The van der Waals surface area contributed by atoms with Crippen molar-refractivity contribution in [3.63, 3.8) is 0 Å². The van der Waals surface area contributed by atoms with Crippen molar-refractivity contribution in [3.8, 4) is 40.0 Å². The second-order valence-corrected chi connectivity index (χ2v) is 7.34. The molecule has 0 amide bonds. The molecule has 3 aromatic carbocycles. The molecule has 5 heteroatoms. The van der Waals surface area contributed by atoms with Crippen molar-refractivity contribution in [3.05, 3.63) is 89.0 Å². The van der Waals surface area contributed by atoms with E-state index in [0.717, 1.165) is 22.3 Å². The van der Waals surface area contributed by atoms with Gasteiger partial charge >= 0.3 is 0 Å². The molecule has 0 atom stereocenters. The highest BCUT2D eigenvalue weighted by molar-refractivity contribution is 5.90. The number of phenols is 2. The first kappa shape index (κ1) is 20.0. The van der Waals surface area contributed by atoms with Gasteiger partial charge in [0.25, 0.3) is 0 Å². The second kappa shape index (κ2) is 8.21. The minimum atomic E-state index is -0.246. The Morgan fingerprint density at radius 2 is 1.45 bits per heavy atom. The predicted molar refractivity (Wildman–Crippen MR) is 121 cm³/mol. The summed E-state index contributed by atoms with van der Waals surface area (Å²) in [5.74, 6) is 0.295. The Balaban J connectivity index is 1.88. The maximum absolute atomic E-state index is 9.94. The van der Waals surface area contributed by atoms with Crippen LogP contribution in [0.5, 0.6) is 11.5 Å². The van der Waals surface area contributed by atoms with Gasteiger partial charge in [0.05, 0.1) is 0 Å². The van der Waals surface area contributed by atoms with Gasteiger partial charge in [0.1, 0.15) is 17.4 Å². The average molecular weight is 408 g/mol. The molecule has 4 aromatic rings. The van der Waals surface area contributed by atoms with Crippen molar-refractivity contribution in [2.75, 3.05) is 0 Å². The number of benzene rings is 3. The molecular weight excluding hydrogens is 388 g/mol. The monoisotopic (exact) mass is 408 g/mol. The van der Waals surface area contributed by atoms with Gasteiger partial charge in [0, 0.05) is 17.3 Å². The van der Waals surface area contributed by atoms with Crippen LogP contribution in [0.2, 0.25) is 0 Å². The van der Waals surface area contributed by atoms with E-state index >= 15 is 0 Å². The van der Waals surface area contributed by atoms with E-state index < -0.39 is 0 Å². The molecule has 0 aliphatic heterocycles. The van der Waals surface area contributed by atoms with Gasteiger partial charge < -0.3 is 14.6 Å². The number of aromatic hydroxyl groups is 2. The highest BCUT2D eigenvalue weighted by atomic mass is 16.4. The number of nitrogens with zero attached hydrogens (tertiary/aromatic N) is 2. The largest absolute Gasteiger partial charge is 0.504 e. The minimum Gasteiger partial charge on any atom is -0.504 e. The molecule has 5 nitrogen and oxygen atoms in total.